The SMILES string of the molecule is COC(=O)c1cc(C(F)(F)F)cc(N)c1F. The average molecular weight is 237 g/mol. The Bertz CT molecular complexity index is 428. The molecule has 1 aromatic rings. The van der Waals surface area contributed by atoms with Crippen molar-refractivity contribution >= 4 is 11.7 Å². The summed E-state index contributed by atoms with van der Waals surface area (Å²) in [5, 5.41) is 0. The minimum absolute atomic E-state index is 0.359. The van der Waals surface area contributed by atoms with Crippen LogP contribution in [0.15, 0.2) is 12.1 Å². The predicted molar refractivity (Wildman–Crippen MR) is 47.2 cm³/mol. The summed E-state index contributed by atoms with van der Waals surface area (Å²) in [7, 11) is 0.929. The number of rotatable bonds is 1. The Labute approximate surface area is 87.8 Å². The molecule has 3 nitrogen and oxygen atoms in total. The first-order valence-electron chi connectivity index (χ1n) is 4.02. The van der Waals surface area contributed by atoms with Crippen molar-refractivity contribution in [2.75, 3.05) is 12.8 Å². The monoisotopic (exact) mass is 237 g/mol. The fourth-order valence-electron chi connectivity index (χ4n) is 1.07. The highest BCUT2D eigenvalue weighted by Gasteiger charge is 2.33. The van der Waals surface area contributed by atoms with E-state index in [0.717, 1.165) is 7.11 Å². The quantitative estimate of drug-likeness (QED) is 0.463. The van der Waals surface area contributed by atoms with Crippen LogP contribution < -0.4 is 5.73 Å². The molecule has 0 aromatic heterocycles. The first kappa shape index (κ1) is 12.3. The molecule has 0 heterocycles. The zero-order chi connectivity index (χ0) is 12.5. The van der Waals surface area contributed by atoms with Crippen molar-refractivity contribution in [1.82, 2.24) is 0 Å². The van der Waals surface area contributed by atoms with Gasteiger partial charge in [-0.15, -0.1) is 0 Å². The molecule has 2 N–H and O–H groups in total. The van der Waals surface area contributed by atoms with Gasteiger partial charge in [-0.2, -0.15) is 13.2 Å². The van der Waals surface area contributed by atoms with Crippen LogP contribution in [0.5, 0.6) is 0 Å². The first-order chi connectivity index (χ1) is 7.27. The number of nitrogens with two attached hydrogens (primary N) is 1. The Kier molecular flexibility index (Phi) is 3.06. The van der Waals surface area contributed by atoms with Crippen molar-refractivity contribution < 1.29 is 27.1 Å². The number of anilines is 1. The molecular weight excluding hydrogens is 230 g/mol. The van der Waals surface area contributed by atoms with Gasteiger partial charge in [0.05, 0.1) is 23.9 Å². The van der Waals surface area contributed by atoms with Gasteiger partial charge in [0.15, 0.2) is 5.82 Å². The van der Waals surface area contributed by atoms with E-state index in [-0.39, 0.29) is 0 Å². The summed E-state index contributed by atoms with van der Waals surface area (Å²) in [6, 6.07) is 0.777. The molecule has 1 rings (SSSR count). The number of hydrogen-bond donors (Lipinski definition) is 1. The molecule has 0 fully saturated rings. The summed E-state index contributed by atoms with van der Waals surface area (Å²) in [5.74, 6) is -2.44. The average Bonchev–Trinajstić information content (AvgIpc) is 2.19. The molecule has 0 unspecified atom stereocenters. The lowest BCUT2D eigenvalue weighted by Crippen LogP contribution is -2.12. The van der Waals surface area contributed by atoms with E-state index in [1.807, 2.05) is 0 Å². The second-order valence-corrected chi connectivity index (χ2v) is 2.92. The molecular formula is C9H7F4NO2. The van der Waals surface area contributed by atoms with Gasteiger partial charge in [-0.1, -0.05) is 0 Å². The smallest absolute Gasteiger partial charge is 0.416 e. The third-order valence-electron chi connectivity index (χ3n) is 1.83. The lowest BCUT2D eigenvalue weighted by molar-refractivity contribution is -0.137. The van der Waals surface area contributed by atoms with E-state index in [1.165, 1.54) is 0 Å². The largest absolute Gasteiger partial charge is 0.465 e. The Balaban J connectivity index is 3.39. The number of alkyl halides is 3. The summed E-state index contributed by atoms with van der Waals surface area (Å²) < 4.78 is 54.3. The number of nitrogen functional groups attached to an aromatic ring is 1. The highest BCUT2D eigenvalue weighted by Crippen LogP contribution is 2.32. The lowest BCUT2D eigenvalue weighted by Gasteiger charge is -2.10. The van der Waals surface area contributed by atoms with Crippen LogP contribution in [0.2, 0.25) is 0 Å². The molecule has 0 aliphatic heterocycles. The van der Waals surface area contributed by atoms with E-state index >= 15 is 0 Å². The van der Waals surface area contributed by atoms with E-state index in [9.17, 15) is 22.4 Å². The molecule has 88 valence electrons. The Morgan fingerprint density at radius 2 is 1.94 bits per heavy atom. The van der Waals surface area contributed by atoms with Crippen molar-refractivity contribution in [2.45, 2.75) is 6.18 Å². The van der Waals surface area contributed by atoms with Gasteiger partial charge in [0.25, 0.3) is 0 Å². The summed E-state index contributed by atoms with van der Waals surface area (Å²) in [4.78, 5) is 11.0. The van der Waals surface area contributed by atoms with Gasteiger partial charge < -0.3 is 10.5 Å². The van der Waals surface area contributed by atoms with Crippen molar-refractivity contribution in [3.63, 3.8) is 0 Å². The Hall–Kier alpha value is -1.79. The molecule has 0 radical (unpaired) electrons. The standard InChI is InChI=1S/C9H7F4NO2/c1-16-8(15)5-2-4(9(11,12)13)3-6(14)7(5)10/h2-3H,14H2,1H3. The second-order valence-electron chi connectivity index (χ2n) is 2.92. The molecule has 0 atom stereocenters. The number of halogens is 4. The fraction of sp³-hybridized carbons (Fsp3) is 0.222. The van der Waals surface area contributed by atoms with Crippen LogP contribution in [0.25, 0.3) is 0 Å². The molecule has 0 bridgehead atoms. The number of ether oxygens (including phenoxy) is 1. The highest BCUT2D eigenvalue weighted by molar-refractivity contribution is 5.91. The van der Waals surface area contributed by atoms with Crippen molar-refractivity contribution in [3.05, 3.63) is 29.1 Å². The third-order valence-corrected chi connectivity index (χ3v) is 1.83. The van der Waals surface area contributed by atoms with E-state index in [1.54, 1.807) is 0 Å². The van der Waals surface area contributed by atoms with Gasteiger partial charge in [0.2, 0.25) is 0 Å². The van der Waals surface area contributed by atoms with E-state index in [0.29, 0.717) is 12.1 Å². The number of esters is 1. The second kappa shape index (κ2) is 3.99. The van der Waals surface area contributed by atoms with Gasteiger partial charge in [0.1, 0.15) is 0 Å². The fourth-order valence-corrected chi connectivity index (χ4v) is 1.07. The maximum absolute atomic E-state index is 13.2. The Morgan fingerprint density at radius 3 is 2.38 bits per heavy atom. The first-order valence-corrected chi connectivity index (χ1v) is 4.02. The number of benzene rings is 1. The predicted octanol–water partition coefficient (Wildman–Crippen LogP) is 2.21. The minimum Gasteiger partial charge on any atom is -0.465 e. The van der Waals surface area contributed by atoms with Crippen LogP contribution in [0, 0.1) is 5.82 Å². The summed E-state index contributed by atoms with van der Waals surface area (Å²) in [5.41, 5.74) is 2.23. The van der Waals surface area contributed by atoms with Gasteiger partial charge >= 0.3 is 12.1 Å². The summed E-state index contributed by atoms with van der Waals surface area (Å²) in [6.07, 6.45) is -4.70. The van der Waals surface area contributed by atoms with Crippen molar-refractivity contribution in [1.29, 1.82) is 0 Å². The lowest BCUT2D eigenvalue weighted by atomic mass is 10.1. The van der Waals surface area contributed by atoms with Crippen LogP contribution in [0.4, 0.5) is 23.2 Å². The minimum atomic E-state index is -4.70. The number of hydrogen-bond acceptors (Lipinski definition) is 3. The number of methoxy groups -OCH3 is 1. The maximum atomic E-state index is 13.2. The molecule has 0 saturated carbocycles. The molecule has 0 amide bonds. The Morgan fingerprint density at radius 1 is 1.38 bits per heavy atom. The third kappa shape index (κ3) is 2.23. The van der Waals surface area contributed by atoms with Crippen LogP contribution in [-0.4, -0.2) is 13.1 Å². The van der Waals surface area contributed by atoms with Crippen LogP contribution in [-0.2, 0) is 10.9 Å². The molecule has 0 saturated heterocycles. The summed E-state index contributed by atoms with van der Waals surface area (Å²) in [6.45, 7) is 0. The van der Waals surface area contributed by atoms with Crippen molar-refractivity contribution in [3.8, 4) is 0 Å². The molecule has 1 aromatic carbocycles. The summed E-state index contributed by atoms with van der Waals surface area (Å²) >= 11 is 0. The number of carbonyl (C=O) groups excluding carboxylic acids is 1. The van der Waals surface area contributed by atoms with E-state index < -0.39 is 34.8 Å². The van der Waals surface area contributed by atoms with Gasteiger partial charge in [0, 0.05) is 0 Å². The number of carbonyl (C=O) groups is 1. The molecule has 7 heteroatoms. The van der Waals surface area contributed by atoms with Gasteiger partial charge in [-0.05, 0) is 12.1 Å². The molecule has 16 heavy (non-hydrogen) atoms. The van der Waals surface area contributed by atoms with Gasteiger partial charge in [-0.3, -0.25) is 0 Å². The normalized spacial score (nSPS) is 11.3. The van der Waals surface area contributed by atoms with Crippen molar-refractivity contribution in [2.24, 2.45) is 0 Å². The van der Waals surface area contributed by atoms with Crippen LogP contribution in [0.3, 0.4) is 0 Å². The topological polar surface area (TPSA) is 52.3 Å². The van der Waals surface area contributed by atoms with E-state index in [4.69, 9.17) is 5.73 Å². The molecule has 0 aliphatic rings. The zero-order valence-electron chi connectivity index (χ0n) is 8.06. The zero-order valence-corrected chi connectivity index (χ0v) is 8.06. The molecule has 0 spiro atoms. The maximum Gasteiger partial charge on any atom is 0.416 e. The highest BCUT2D eigenvalue weighted by atomic mass is 19.4. The van der Waals surface area contributed by atoms with Gasteiger partial charge in [-0.25, -0.2) is 9.18 Å². The van der Waals surface area contributed by atoms with Crippen LogP contribution >= 0.6 is 0 Å². The van der Waals surface area contributed by atoms with Crippen LogP contribution in [0.1, 0.15) is 15.9 Å². The molecule has 0 aliphatic carbocycles. The van der Waals surface area contributed by atoms with E-state index in [2.05, 4.69) is 4.74 Å².